The molecule has 2 fully saturated rings. The Hall–Kier alpha value is -6.00. The van der Waals surface area contributed by atoms with Gasteiger partial charge in [0.05, 0.1) is 22.5 Å². The largest absolute Gasteiger partial charge is 0.506 e. The Morgan fingerprint density at radius 2 is 1.28 bits per heavy atom. The van der Waals surface area contributed by atoms with Crippen LogP contribution in [0.5, 0.6) is 0 Å². The summed E-state index contributed by atoms with van der Waals surface area (Å²) >= 11 is 0. The van der Waals surface area contributed by atoms with Crippen LogP contribution in [0, 0.1) is 6.92 Å². The smallest absolute Gasteiger partial charge is 0.304 e. The van der Waals surface area contributed by atoms with E-state index in [1.165, 1.54) is 24.3 Å². The van der Waals surface area contributed by atoms with Gasteiger partial charge >= 0.3 is 11.9 Å². The van der Waals surface area contributed by atoms with Gasteiger partial charge < -0.3 is 24.4 Å². The van der Waals surface area contributed by atoms with Gasteiger partial charge in [0.15, 0.2) is 0 Å². The van der Waals surface area contributed by atoms with Crippen molar-refractivity contribution < 1.29 is 45.8 Å². The molecule has 4 aliphatic rings. The number of benzene rings is 3. The zero-order chi connectivity index (χ0) is 42.9. The molecular weight excluding hydrogens is 809 g/mol. The summed E-state index contributed by atoms with van der Waals surface area (Å²) in [6, 6.07) is 19.0. The van der Waals surface area contributed by atoms with E-state index < -0.39 is 54.4 Å². The average Bonchev–Trinajstić information content (AvgIpc) is 3.94. The highest BCUT2D eigenvalue weighted by Crippen LogP contribution is 2.45. The van der Waals surface area contributed by atoms with Crippen LogP contribution in [0.2, 0.25) is 0 Å². The number of aliphatic hydroxyl groups is 1. The summed E-state index contributed by atoms with van der Waals surface area (Å²) in [5.41, 5.74) is -0.938. The first-order chi connectivity index (χ1) is 28.6. The number of rotatable bonds is 12. The highest BCUT2D eigenvalue weighted by molar-refractivity contribution is 7.92. The number of ketones is 1. The molecule has 2 heterocycles. The monoisotopic (exact) mass is 854 g/mol. The van der Waals surface area contributed by atoms with Crippen LogP contribution in [0.15, 0.2) is 118 Å². The van der Waals surface area contributed by atoms with E-state index >= 15 is 0 Å². The number of nitrogens with one attached hydrogen (secondary N) is 1. The van der Waals surface area contributed by atoms with E-state index in [4.69, 9.17) is 9.47 Å². The molecule has 0 bridgehead atoms. The molecule has 60 heavy (non-hydrogen) atoms. The second-order valence-electron chi connectivity index (χ2n) is 15.1. The van der Waals surface area contributed by atoms with Crippen LogP contribution >= 0.6 is 0 Å². The maximum atomic E-state index is 14.5. The first-order valence-corrected chi connectivity index (χ1v) is 22.7. The molecule has 16 heteroatoms. The van der Waals surface area contributed by atoms with Crippen molar-refractivity contribution >= 4 is 60.4 Å². The summed E-state index contributed by atoms with van der Waals surface area (Å²) in [5, 5.41) is 11.9. The number of aryl methyl sites for hydroxylation is 1. The quantitative estimate of drug-likeness (QED) is 0.145. The number of hydrogen-bond donors (Lipinski definition) is 2. The Morgan fingerprint density at radius 1 is 0.750 bits per heavy atom. The second kappa shape index (κ2) is 16.9. The van der Waals surface area contributed by atoms with E-state index in [0.717, 1.165) is 52.6 Å². The lowest BCUT2D eigenvalue weighted by Gasteiger charge is -2.30. The number of sulfonamides is 2. The highest BCUT2D eigenvalue weighted by Gasteiger charge is 2.42. The van der Waals surface area contributed by atoms with E-state index in [9.17, 15) is 36.3 Å². The summed E-state index contributed by atoms with van der Waals surface area (Å²) in [6.07, 6.45) is 6.86. The van der Waals surface area contributed by atoms with Gasteiger partial charge in [-0.25, -0.2) is 16.8 Å². The van der Waals surface area contributed by atoms with Gasteiger partial charge in [0.1, 0.15) is 5.76 Å². The molecule has 314 valence electrons. The standard InChI is InChI=1S/C44H46N4O10S2/c1-27-23-33(35(25-37(27)47-19-11-12-20-47)45-59(53,54)43(57-29(3)49)31-15-7-5-8-16-31)39-41(51)40(42(39)52)34-24-28(2)38(48-21-13-14-22-48)26-36(34)46-60(55,56)44(58-30(4)50)32-17-9-6-10-18-32/h5-10,15-18,23-26,43-45,51H,11-14,19-22H2,1-4H3/b40-34-,46-36+. The van der Waals surface area contributed by atoms with E-state index in [1.807, 2.05) is 13.8 Å². The third kappa shape index (κ3) is 8.52. The fourth-order valence-corrected chi connectivity index (χ4v) is 10.6. The molecule has 7 rings (SSSR count). The second-order valence-corrected chi connectivity index (χ2v) is 18.5. The minimum absolute atomic E-state index is 0.0199. The fraction of sp³-hybridized carbons (Fsp3) is 0.318. The van der Waals surface area contributed by atoms with Gasteiger partial charge in [-0.1, -0.05) is 60.7 Å². The zero-order valence-corrected chi connectivity index (χ0v) is 35.3. The Morgan fingerprint density at radius 3 is 1.83 bits per heavy atom. The molecule has 2 unspecified atom stereocenters. The number of Topliss-reactive ketones (excluding diaryl/α,β-unsaturated/α-hetero) is 1. The van der Waals surface area contributed by atoms with Crippen LogP contribution < -0.4 is 9.62 Å². The highest BCUT2D eigenvalue weighted by atomic mass is 32.2. The van der Waals surface area contributed by atoms with E-state index in [0.29, 0.717) is 35.6 Å². The number of ether oxygens (including phenoxy) is 2. The van der Waals surface area contributed by atoms with E-state index in [2.05, 4.69) is 18.9 Å². The third-order valence-corrected chi connectivity index (χ3v) is 13.5. The summed E-state index contributed by atoms with van der Waals surface area (Å²) in [5.74, 6) is -2.88. The molecule has 0 saturated carbocycles. The first-order valence-electron chi connectivity index (χ1n) is 19.6. The lowest BCUT2D eigenvalue weighted by Crippen LogP contribution is -2.30. The number of aliphatic hydroxyl groups excluding tert-OH is 1. The molecule has 0 spiro atoms. The van der Waals surface area contributed by atoms with Gasteiger partial charge in [0, 0.05) is 73.7 Å². The van der Waals surface area contributed by atoms with Crippen molar-refractivity contribution in [2.24, 2.45) is 4.40 Å². The number of allylic oxidation sites excluding steroid dienone is 6. The van der Waals surface area contributed by atoms with Crippen molar-refractivity contribution in [2.45, 2.75) is 64.3 Å². The molecule has 2 atom stereocenters. The zero-order valence-electron chi connectivity index (χ0n) is 33.7. The summed E-state index contributed by atoms with van der Waals surface area (Å²) in [7, 11) is -9.24. The van der Waals surface area contributed by atoms with Crippen molar-refractivity contribution in [3.63, 3.8) is 0 Å². The minimum Gasteiger partial charge on any atom is -0.506 e. The van der Waals surface area contributed by atoms with Crippen LogP contribution in [0.3, 0.4) is 0 Å². The van der Waals surface area contributed by atoms with Gasteiger partial charge in [-0.05, 0) is 75.0 Å². The predicted molar refractivity (Wildman–Crippen MR) is 228 cm³/mol. The number of nitrogens with zero attached hydrogens (tertiary/aromatic N) is 3. The van der Waals surface area contributed by atoms with Gasteiger partial charge in [-0.3, -0.25) is 19.1 Å². The van der Waals surface area contributed by atoms with Gasteiger partial charge in [-0.2, -0.15) is 4.40 Å². The predicted octanol–water partition coefficient (Wildman–Crippen LogP) is 6.72. The van der Waals surface area contributed by atoms with Crippen LogP contribution in [0.4, 0.5) is 11.4 Å². The molecule has 2 aliphatic carbocycles. The summed E-state index contributed by atoms with van der Waals surface area (Å²) < 4.78 is 74.1. The van der Waals surface area contributed by atoms with Crippen molar-refractivity contribution in [3.05, 3.63) is 135 Å². The number of carbonyl (C=O) groups excluding carboxylic acids is 3. The average molecular weight is 855 g/mol. The Labute approximate surface area is 349 Å². The summed E-state index contributed by atoms with van der Waals surface area (Å²) in [4.78, 5) is 43.1. The number of hydrogen-bond acceptors (Lipinski definition) is 12. The van der Waals surface area contributed by atoms with Crippen LogP contribution in [0.1, 0.15) is 79.6 Å². The van der Waals surface area contributed by atoms with Crippen molar-refractivity contribution in [3.8, 4) is 0 Å². The number of carbonyl (C=O) groups is 3. The molecule has 0 aromatic heterocycles. The van der Waals surface area contributed by atoms with Crippen LogP contribution in [-0.2, 0) is 43.9 Å². The molecule has 0 radical (unpaired) electrons. The fourth-order valence-electron chi connectivity index (χ4n) is 7.97. The Balaban J connectivity index is 1.38. The minimum atomic E-state index is -4.68. The molecule has 2 N–H and O–H groups in total. The first kappa shape index (κ1) is 42.1. The van der Waals surface area contributed by atoms with Crippen LogP contribution in [0.25, 0.3) is 5.57 Å². The maximum absolute atomic E-state index is 14.5. The molecule has 3 aromatic rings. The van der Waals surface area contributed by atoms with Crippen molar-refractivity contribution in [2.75, 3.05) is 35.8 Å². The Kier molecular flexibility index (Phi) is 11.9. The van der Waals surface area contributed by atoms with Crippen molar-refractivity contribution in [1.29, 1.82) is 0 Å². The third-order valence-electron chi connectivity index (χ3n) is 10.7. The van der Waals surface area contributed by atoms with Crippen molar-refractivity contribution in [1.82, 2.24) is 4.90 Å². The topological polar surface area (TPSA) is 189 Å². The van der Waals surface area contributed by atoms with E-state index in [1.54, 1.807) is 60.7 Å². The SMILES string of the molecule is CC(=O)OC(c1ccccc1)S(=O)(=O)/N=C1\C=C(N2CCCC2)C(C)=C\C1=C1\C(=O)C(c2cc(C)c(N3CCCC3)cc2NS(=O)(=O)C(OC(C)=O)c2ccccc2)=C1O. The molecule has 2 aliphatic heterocycles. The van der Waals surface area contributed by atoms with Crippen LogP contribution in [-0.4, -0.2) is 76.5 Å². The molecular formula is C44H46N4O10S2. The number of esters is 2. The van der Waals surface area contributed by atoms with Gasteiger partial charge in [-0.15, -0.1) is 0 Å². The molecule has 0 amide bonds. The number of anilines is 2. The lowest BCUT2D eigenvalue weighted by molar-refractivity contribution is -0.143. The normalized spacial score (nSPS) is 20.1. The lowest BCUT2D eigenvalue weighted by atomic mass is 9.77. The van der Waals surface area contributed by atoms with Gasteiger partial charge in [0.25, 0.3) is 20.0 Å². The number of likely N-dealkylation sites (tertiary alicyclic amines) is 1. The van der Waals surface area contributed by atoms with Gasteiger partial charge in [0.2, 0.25) is 16.7 Å². The summed E-state index contributed by atoms with van der Waals surface area (Å²) in [6.45, 7) is 8.70. The Bertz CT molecular complexity index is 2620. The molecule has 14 nitrogen and oxygen atoms in total. The molecule has 3 aromatic carbocycles. The van der Waals surface area contributed by atoms with E-state index in [-0.39, 0.29) is 44.8 Å². The maximum Gasteiger partial charge on any atom is 0.304 e. The molecule has 2 saturated heterocycles.